The van der Waals surface area contributed by atoms with Gasteiger partial charge in [0.2, 0.25) is 0 Å². The number of aryl methyl sites for hydroxylation is 2. The molecule has 0 saturated carbocycles. The third kappa shape index (κ3) is 3.92. The molecule has 0 aliphatic heterocycles. The lowest BCUT2D eigenvalue weighted by atomic mass is 9.99. The van der Waals surface area contributed by atoms with E-state index in [0.29, 0.717) is 15.4 Å². The summed E-state index contributed by atoms with van der Waals surface area (Å²) >= 11 is 0. The van der Waals surface area contributed by atoms with Gasteiger partial charge in [0.15, 0.2) is 6.17 Å². The number of aliphatic hydroxyl groups is 1. The second kappa shape index (κ2) is 7.94. The Morgan fingerprint density at radius 2 is 1.38 bits per heavy atom. The molecule has 26 heavy (non-hydrogen) atoms. The first kappa shape index (κ1) is 18.5. The van der Waals surface area contributed by atoms with Crippen molar-refractivity contribution in [1.82, 2.24) is 0 Å². The van der Waals surface area contributed by atoms with Crippen LogP contribution in [0.5, 0.6) is 0 Å². The molecule has 3 atom stereocenters. The molecule has 0 fully saturated rings. The van der Waals surface area contributed by atoms with Crippen molar-refractivity contribution in [2.45, 2.75) is 35.9 Å². The van der Waals surface area contributed by atoms with E-state index in [9.17, 15) is 9.32 Å². The van der Waals surface area contributed by atoms with Crippen molar-refractivity contribution in [3.8, 4) is 0 Å². The van der Waals surface area contributed by atoms with Crippen LogP contribution >= 0.6 is 0 Å². The van der Waals surface area contributed by atoms with Crippen LogP contribution in [0.4, 0.5) is 4.39 Å². The average molecular weight is 368 g/mol. The molecule has 3 rings (SSSR count). The third-order valence-electron chi connectivity index (χ3n) is 4.35. The minimum absolute atomic E-state index is 0.250. The van der Waals surface area contributed by atoms with Crippen LogP contribution in [0, 0.1) is 13.8 Å². The van der Waals surface area contributed by atoms with Crippen molar-refractivity contribution in [1.29, 1.82) is 0 Å². The summed E-state index contributed by atoms with van der Waals surface area (Å²) in [6.45, 7) is 3.89. The Bertz CT molecular complexity index is 904. The molecule has 2 nitrogen and oxygen atoms in total. The van der Waals surface area contributed by atoms with Crippen molar-refractivity contribution >= 4 is 10.8 Å². The zero-order valence-corrected chi connectivity index (χ0v) is 15.5. The Balaban J connectivity index is 1.94. The van der Waals surface area contributed by atoms with Crippen molar-refractivity contribution in [2.24, 2.45) is 0 Å². The summed E-state index contributed by atoms with van der Waals surface area (Å²) in [7, 11) is -1.51. The van der Waals surface area contributed by atoms with Crippen molar-refractivity contribution < 1.29 is 13.7 Å². The topological polar surface area (TPSA) is 37.3 Å². The minimum Gasteiger partial charge on any atom is -0.385 e. The van der Waals surface area contributed by atoms with Crippen LogP contribution < -0.4 is 0 Å². The largest absolute Gasteiger partial charge is 0.385 e. The molecule has 0 aromatic heterocycles. The van der Waals surface area contributed by atoms with Gasteiger partial charge >= 0.3 is 0 Å². The molecule has 3 aromatic rings. The highest BCUT2D eigenvalue weighted by Gasteiger charge is 2.26. The first-order valence-corrected chi connectivity index (χ1v) is 9.58. The van der Waals surface area contributed by atoms with Crippen LogP contribution in [0.25, 0.3) is 0 Å². The van der Waals surface area contributed by atoms with Crippen LogP contribution in [0.15, 0.2) is 82.6 Å². The van der Waals surface area contributed by atoms with Gasteiger partial charge in [-0.25, -0.2) is 8.60 Å². The predicted octanol–water partition coefficient (Wildman–Crippen LogP) is 5.21. The predicted molar refractivity (Wildman–Crippen MR) is 102 cm³/mol. The van der Waals surface area contributed by atoms with E-state index in [1.54, 1.807) is 48.5 Å². The standard InChI is InChI=1S/C22H21FO2S/c1-15-7-11-17(12-8-15)22(24)21(23)19-5-3-4-6-20(19)26(25)18-13-9-16(2)10-14-18/h3-14,21-22,24H,1-2H3/t21-,22+,26-/m0/s1. The summed E-state index contributed by atoms with van der Waals surface area (Å²) < 4.78 is 28.1. The van der Waals surface area contributed by atoms with Gasteiger partial charge in [-0.1, -0.05) is 65.7 Å². The van der Waals surface area contributed by atoms with E-state index in [-0.39, 0.29) is 5.56 Å². The molecule has 0 radical (unpaired) electrons. The van der Waals surface area contributed by atoms with Crippen LogP contribution in [0.1, 0.15) is 34.5 Å². The Morgan fingerprint density at radius 1 is 0.846 bits per heavy atom. The highest BCUT2D eigenvalue weighted by molar-refractivity contribution is 7.85. The van der Waals surface area contributed by atoms with Gasteiger partial charge in [0, 0.05) is 15.4 Å². The number of halogens is 1. The fraction of sp³-hybridized carbons (Fsp3) is 0.182. The molecule has 0 aliphatic rings. The lowest BCUT2D eigenvalue weighted by Crippen LogP contribution is -2.10. The summed E-state index contributed by atoms with van der Waals surface area (Å²) in [6.07, 6.45) is -2.98. The van der Waals surface area contributed by atoms with Crippen molar-refractivity contribution in [3.05, 3.63) is 95.1 Å². The van der Waals surface area contributed by atoms with E-state index in [1.165, 1.54) is 0 Å². The molecule has 0 amide bonds. The lowest BCUT2D eigenvalue weighted by molar-refractivity contribution is 0.0760. The van der Waals surface area contributed by atoms with Crippen LogP contribution in [-0.2, 0) is 10.8 Å². The van der Waals surface area contributed by atoms with E-state index < -0.39 is 23.1 Å². The summed E-state index contributed by atoms with van der Waals surface area (Å²) in [5, 5.41) is 10.5. The average Bonchev–Trinajstić information content (AvgIpc) is 2.67. The number of hydrogen-bond donors (Lipinski definition) is 1. The second-order valence-electron chi connectivity index (χ2n) is 6.38. The molecule has 0 heterocycles. The summed E-state index contributed by atoms with van der Waals surface area (Å²) in [6, 6.07) is 21.1. The first-order valence-electron chi connectivity index (χ1n) is 8.43. The number of benzene rings is 3. The monoisotopic (exact) mass is 368 g/mol. The van der Waals surface area contributed by atoms with E-state index in [2.05, 4.69) is 0 Å². The number of aliphatic hydroxyl groups excluding tert-OH is 1. The molecule has 0 unspecified atom stereocenters. The molecule has 0 bridgehead atoms. The van der Waals surface area contributed by atoms with Gasteiger partial charge in [-0.05, 0) is 37.6 Å². The molecule has 1 N–H and O–H groups in total. The van der Waals surface area contributed by atoms with Crippen molar-refractivity contribution in [2.75, 3.05) is 0 Å². The Kier molecular flexibility index (Phi) is 5.64. The van der Waals surface area contributed by atoms with Crippen LogP contribution in [-0.4, -0.2) is 9.32 Å². The van der Waals surface area contributed by atoms with Crippen LogP contribution in [0.3, 0.4) is 0 Å². The van der Waals surface area contributed by atoms with E-state index in [4.69, 9.17) is 0 Å². The maximum absolute atomic E-state index is 15.1. The quantitative estimate of drug-likeness (QED) is 0.671. The molecule has 0 spiro atoms. The van der Waals surface area contributed by atoms with E-state index in [1.807, 2.05) is 38.1 Å². The van der Waals surface area contributed by atoms with Gasteiger partial charge in [0.25, 0.3) is 0 Å². The highest BCUT2D eigenvalue weighted by Crippen LogP contribution is 2.36. The summed E-state index contributed by atoms with van der Waals surface area (Å²) in [5.41, 5.74) is 2.85. The maximum Gasteiger partial charge on any atom is 0.156 e. The zero-order valence-electron chi connectivity index (χ0n) is 14.7. The van der Waals surface area contributed by atoms with Gasteiger partial charge < -0.3 is 5.11 Å². The molecule has 134 valence electrons. The second-order valence-corrected chi connectivity index (χ2v) is 7.83. The van der Waals surface area contributed by atoms with Gasteiger partial charge in [0.1, 0.15) is 6.10 Å². The Labute approximate surface area is 155 Å². The molecule has 0 saturated heterocycles. The summed E-state index contributed by atoms with van der Waals surface area (Å²) in [5.74, 6) is 0. The van der Waals surface area contributed by atoms with E-state index >= 15 is 4.39 Å². The van der Waals surface area contributed by atoms with Gasteiger partial charge in [-0.15, -0.1) is 0 Å². The highest BCUT2D eigenvalue weighted by atomic mass is 32.2. The smallest absolute Gasteiger partial charge is 0.156 e. The Hall–Kier alpha value is -2.30. The van der Waals surface area contributed by atoms with Crippen LogP contribution in [0.2, 0.25) is 0 Å². The normalized spacial score (nSPS) is 14.6. The fourth-order valence-electron chi connectivity index (χ4n) is 2.77. The minimum atomic E-state index is -1.66. The number of hydrogen-bond acceptors (Lipinski definition) is 2. The molecule has 0 aliphatic carbocycles. The lowest BCUT2D eigenvalue weighted by Gasteiger charge is -2.19. The molecular weight excluding hydrogens is 347 g/mol. The first-order chi connectivity index (χ1) is 12.5. The van der Waals surface area contributed by atoms with Gasteiger partial charge in [0.05, 0.1) is 10.8 Å². The maximum atomic E-state index is 15.1. The molecule has 4 heteroatoms. The third-order valence-corrected chi connectivity index (χ3v) is 5.82. The SMILES string of the molecule is Cc1ccc([C@@H](O)[C@@H](F)c2ccccc2[S@@](=O)c2ccc(C)cc2)cc1. The number of rotatable bonds is 5. The number of alkyl halides is 1. The molecular formula is C22H21FO2S. The fourth-order valence-corrected chi connectivity index (χ4v) is 4.00. The molecule has 3 aromatic carbocycles. The zero-order chi connectivity index (χ0) is 18.7. The summed E-state index contributed by atoms with van der Waals surface area (Å²) in [4.78, 5) is 0.995. The Morgan fingerprint density at radius 3 is 2.00 bits per heavy atom. The van der Waals surface area contributed by atoms with Gasteiger partial charge in [-0.2, -0.15) is 0 Å². The van der Waals surface area contributed by atoms with Crippen molar-refractivity contribution in [3.63, 3.8) is 0 Å². The van der Waals surface area contributed by atoms with E-state index in [0.717, 1.165) is 11.1 Å². The van der Waals surface area contributed by atoms with Gasteiger partial charge in [-0.3, -0.25) is 0 Å².